The lowest BCUT2D eigenvalue weighted by molar-refractivity contribution is 0.102. The minimum Gasteiger partial charge on any atom is -0.322 e. The number of benzene rings is 3. The highest BCUT2D eigenvalue weighted by Gasteiger charge is 2.12. The Morgan fingerprint density at radius 3 is 2.34 bits per heavy atom. The average molecular weight is 381 g/mol. The fourth-order valence-electron chi connectivity index (χ4n) is 3.68. The van der Waals surface area contributed by atoms with Crippen LogP contribution in [0.5, 0.6) is 0 Å². The second-order valence-corrected chi connectivity index (χ2v) is 7.40. The Kier molecular flexibility index (Phi) is 5.69. The quantitative estimate of drug-likeness (QED) is 0.671. The fraction of sp³-hybridized carbons (Fsp3) is 0.200. The van der Waals surface area contributed by atoms with E-state index in [1.807, 2.05) is 24.3 Å². The summed E-state index contributed by atoms with van der Waals surface area (Å²) in [5, 5.41) is 11.8. The molecule has 0 unspecified atom stereocenters. The molecule has 0 radical (unpaired) electrons. The van der Waals surface area contributed by atoms with Crippen molar-refractivity contribution in [3.05, 3.63) is 89.5 Å². The van der Waals surface area contributed by atoms with Gasteiger partial charge in [0.2, 0.25) is 0 Å². The number of rotatable bonds is 5. The Morgan fingerprint density at radius 2 is 1.66 bits per heavy atom. The van der Waals surface area contributed by atoms with E-state index >= 15 is 0 Å². The van der Waals surface area contributed by atoms with Crippen molar-refractivity contribution < 1.29 is 4.79 Å². The molecule has 0 atom stereocenters. The van der Waals surface area contributed by atoms with Crippen molar-refractivity contribution in [2.45, 2.75) is 19.4 Å². The molecule has 4 rings (SSSR count). The molecule has 4 heteroatoms. The molecule has 0 aliphatic carbocycles. The molecule has 1 aliphatic heterocycles. The summed E-state index contributed by atoms with van der Waals surface area (Å²) < 4.78 is 0. The van der Waals surface area contributed by atoms with Gasteiger partial charge in [-0.2, -0.15) is 5.26 Å². The third-order valence-electron chi connectivity index (χ3n) is 5.29. The lowest BCUT2D eigenvalue weighted by Gasteiger charge is -2.15. The molecule has 0 spiro atoms. The highest BCUT2D eigenvalue weighted by Crippen LogP contribution is 2.24. The first-order chi connectivity index (χ1) is 14.2. The summed E-state index contributed by atoms with van der Waals surface area (Å²) in [5.41, 5.74) is 5.34. The van der Waals surface area contributed by atoms with Crippen molar-refractivity contribution in [3.63, 3.8) is 0 Å². The first kappa shape index (κ1) is 18.9. The summed E-state index contributed by atoms with van der Waals surface area (Å²) in [6.07, 6.45) is 2.61. The fourth-order valence-corrected chi connectivity index (χ4v) is 3.68. The second-order valence-electron chi connectivity index (χ2n) is 7.40. The zero-order valence-electron chi connectivity index (χ0n) is 16.3. The molecular formula is C25H23N3O. The number of hydrogen-bond acceptors (Lipinski definition) is 3. The van der Waals surface area contributed by atoms with Crippen LogP contribution in [0.25, 0.3) is 11.1 Å². The van der Waals surface area contributed by atoms with Crippen molar-refractivity contribution in [2.75, 3.05) is 18.4 Å². The van der Waals surface area contributed by atoms with Crippen LogP contribution in [0.15, 0.2) is 72.8 Å². The minimum absolute atomic E-state index is 0.187. The standard InChI is InChI=1S/C25H23N3O/c26-17-19-6-12-22(13-7-19)25(29)27-24-5-3-4-23(16-24)21-10-8-20(9-11-21)18-28-14-1-2-15-28/h3-13,16H,1-2,14-15,18H2,(H,27,29). The molecule has 144 valence electrons. The molecule has 1 fully saturated rings. The van der Waals surface area contributed by atoms with Crippen LogP contribution in [0.2, 0.25) is 0 Å². The molecule has 1 aliphatic rings. The molecule has 3 aromatic rings. The second kappa shape index (κ2) is 8.72. The summed E-state index contributed by atoms with van der Waals surface area (Å²) in [5.74, 6) is -0.187. The van der Waals surface area contributed by atoms with Gasteiger partial charge in [-0.1, -0.05) is 36.4 Å². The minimum atomic E-state index is -0.187. The zero-order chi connectivity index (χ0) is 20.1. The molecule has 0 bridgehead atoms. The summed E-state index contributed by atoms with van der Waals surface area (Å²) in [7, 11) is 0. The number of likely N-dealkylation sites (tertiary alicyclic amines) is 1. The van der Waals surface area contributed by atoms with Gasteiger partial charge >= 0.3 is 0 Å². The van der Waals surface area contributed by atoms with Crippen LogP contribution in [0, 0.1) is 11.3 Å². The van der Waals surface area contributed by atoms with Crippen molar-refractivity contribution in [3.8, 4) is 17.2 Å². The summed E-state index contributed by atoms with van der Waals surface area (Å²) in [6, 6.07) is 25.2. The lowest BCUT2D eigenvalue weighted by atomic mass is 10.0. The predicted molar refractivity (Wildman–Crippen MR) is 115 cm³/mol. The van der Waals surface area contributed by atoms with Gasteiger partial charge in [0.1, 0.15) is 0 Å². The third kappa shape index (κ3) is 4.71. The first-order valence-corrected chi connectivity index (χ1v) is 9.94. The Hall–Kier alpha value is -3.42. The summed E-state index contributed by atoms with van der Waals surface area (Å²) >= 11 is 0. The number of nitrogens with zero attached hydrogens (tertiary/aromatic N) is 2. The van der Waals surface area contributed by atoms with Crippen molar-refractivity contribution in [2.24, 2.45) is 0 Å². The van der Waals surface area contributed by atoms with E-state index in [1.165, 1.54) is 31.5 Å². The maximum absolute atomic E-state index is 12.5. The molecule has 0 saturated carbocycles. The number of nitriles is 1. The van der Waals surface area contributed by atoms with E-state index in [4.69, 9.17) is 5.26 Å². The van der Waals surface area contributed by atoms with E-state index in [0.29, 0.717) is 11.1 Å². The Bertz CT molecular complexity index is 1030. The van der Waals surface area contributed by atoms with Crippen LogP contribution < -0.4 is 5.32 Å². The van der Waals surface area contributed by atoms with Crippen LogP contribution in [-0.2, 0) is 6.54 Å². The third-order valence-corrected chi connectivity index (χ3v) is 5.29. The maximum atomic E-state index is 12.5. The van der Waals surface area contributed by atoms with Crippen molar-refractivity contribution in [1.29, 1.82) is 5.26 Å². The number of amides is 1. The van der Waals surface area contributed by atoms with Crippen LogP contribution in [0.1, 0.15) is 34.3 Å². The lowest BCUT2D eigenvalue weighted by Crippen LogP contribution is -2.18. The van der Waals surface area contributed by atoms with Gasteiger partial charge < -0.3 is 5.32 Å². The average Bonchev–Trinajstić information content (AvgIpc) is 3.27. The van der Waals surface area contributed by atoms with Crippen LogP contribution in [-0.4, -0.2) is 23.9 Å². The van der Waals surface area contributed by atoms with Crippen molar-refractivity contribution in [1.82, 2.24) is 4.90 Å². The van der Waals surface area contributed by atoms with Gasteiger partial charge in [0.25, 0.3) is 5.91 Å². The van der Waals surface area contributed by atoms with Crippen molar-refractivity contribution >= 4 is 11.6 Å². The molecule has 1 N–H and O–H groups in total. The summed E-state index contributed by atoms with van der Waals surface area (Å²) in [4.78, 5) is 15.0. The van der Waals surface area contributed by atoms with Gasteiger partial charge in [-0.3, -0.25) is 9.69 Å². The Morgan fingerprint density at radius 1 is 0.931 bits per heavy atom. The Labute approximate surface area is 171 Å². The summed E-state index contributed by atoms with van der Waals surface area (Å²) in [6.45, 7) is 3.41. The molecule has 0 aromatic heterocycles. The molecule has 3 aromatic carbocycles. The van der Waals surface area contributed by atoms with Gasteiger partial charge in [-0.15, -0.1) is 0 Å². The largest absolute Gasteiger partial charge is 0.322 e. The highest BCUT2D eigenvalue weighted by atomic mass is 16.1. The van der Waals surface area contributed by atoms with Gasteiger partial charge in [0.15, 0.2) is 0 Å². The molecule has 29 heavy (non-hydrogen) atoms. The topological polar surface area (TPSA) is 56.1 Å². The van der Waals surface area contributed by atoms with Crippen LogP contribution in [0.4, 0.5) is 5.69 Å². The molecule has 1 saturated heterocycles. The highest BCUT2D eigenvalue weighted by molar-refractivity contribution is 6.04. The van der Waals surface area contributed by atoms with E-state index in [0.717, 1.165) is 23.4 Å². The molecular weight excluding hydrogens is 358 g/mol. The maximum Gasteiger partial charge on any atom is 0.255 e. The number of carbonyl (C=O) groups is 1. The zero-order valence-corrected chi connectivity index (χ0v) is 16.3. The van der Waals surface area contributed by atoms with Gasteiger partial charge in [-0.05, 0) is 79.0 Å². The van der Waals surface area contributed by atoms with E-state index in [-0.39, 0.29) is 5.91 Å². The number of nitrogens with one attached hydrogen (secondary N) is 1. The normalized spacial score (nSPS) is 13.8. The van der Waals surface area contributed by atoms with Crippen LogP contribution in [0.3, 0.4) is 0 Å². The number of anilines is 1. The van der Waals surface area contributed by atoms with Gasteiger partial charge in [0, 0.05) is 17.8 Å². The van der Waals surface area contributed by atoms with E-state index in [9.17, 15) is 4.79 Å². The van der Waals surface area contributed by atoms with Gasteiger partial charge in [0.05, 0.1) is 11.6 Å². The predicted octanol–water partition coefficient (Wildman–Crippen LogP) is 5.07. The molecule has 4 nitrogen and oxygen atoms in total. The molecule has 1 heterocycles. The van der Waals surface area contributed by atoms with Gasteiger partial charge in [-0.25, -0.2) is 0 Å². The van der Waals surface area contributed by atoms with E-state index in [2.05, 4.69) is 40.6 Å². The smallest absolute Gasteiger partial charge is 0.255 e. The monoisotopic (exact) mass is 381 g/mol. The first-order valence-electron chi connectivity index (χ1n) is 9.94. The number of carbonyl (C=O) groups excluding carboxylic acids is 1. The van der Waals surface area contributed by atoms with E-state index in [1.54, 1.807) is 24.3 Å². The van der Waals surface area contributed by atoms with Crippen LogP contribution >= 0.6 is 0 Å². The molecule has 1 amide bonds. The van der Waals surface area contributed by atoms with E-state index < -0.39 is 0 Å². The number of hydrogen-bond donors (Lipinski definition) is 1. The SMILES string of the molecule is N#Cc1ccc(C(=O)Nc2cccc(-c3ccc(CN4CCCC4)cc3)c2)cc1. The Balaban J connectivity index is 1.45.